The molecule has 0 aromatic heterocycles. The molecule has 0 fully saturated rings. The van der Waals surface area contributed by atoms with Crippen LogP contribution in [-0.2, 0) is 14.4 Å². The first-order valence-electron chi connectivity index (χ1n) is 4.59. The zero-order chi connectivity index (χ0) is 12.9. The van der Waals surface area contributed by atoms with E-state index in [1.807, 2.05) is 20.8 Å². The molecule has 0 spiro atoms. The van der Waals surface area contributed by atoms with Gasteiger partial charge in [-0.1, -0.05) is 20.8 Å². The van der Waals surface area contributed by atoms with Gasteiger partial charge in [-0.15, -0.1) is 5.16 Å². The summed E-state index contributed by atoms with van der Waals surface area (Å²) < 4.78 is 4.25. The molecule has 0 saturated heterocycles. The highest BCUT2D eigenvalue weighted by atomic mass is 16.6. The van der Waals surface area contributed by atoms with E-state index in [9.17, 15) is 4.79 Å². The average Bonchev–Trinajstić information content (AvgIpc) is 2.30. The third-order valence-corrected chi connectivity index (χ3v) is 0.478. The van der Waals surface area contributed by atoms with Crippen molar-refractivity contribution in [2.45, 2.75) is 27.2 Å². The second-order valence-electron chi connectivity index (χ2n) is 1.57. The molecule has 0 unspecified atom stereocenters. The lowest BCUT2D eigenvalue weighted by Crippen LogP contribution is -1.65. The Kier molecular flexibility index (Phi) is 83.3. The molecule has 0 rings (SSSR count). The van der Waals surface area contributed by atoms with Crippen LogP contribution in [0.2, 0.25) is 0 Å². The fourth-order valence-corrected chi connectivity index (χ4v) is 0.148. The molecule has 0 aromatic carbocycles. The first-order chi connectivity index (χ1) is 7.24. The molecule has 0 radical (unpaired) electrons. The Labute approximate surface area is 93.2 Å². The van der Waals surface area contributed by atoms with Gasteiger partial charge in [-0.25, -0.2) is 4.99 Å². The van der Waals surface area contributed by atoms with Crippen LogP contribution in [0.5, 0.6) is 0 Å². The molecule has 5 heteroatoms. The van der Waals surface area contributed by atoms with Crippen molar-refractivity contribution in [1.82, 2.24) is 0 Å². The molecule has 1 amide bonds. The van der Waals surface area contributed by atoms with Gasteiger partial charge in [-0.3, -0.25) is 4.79 Å². The van der Waals surface area contributed by atoms with Gasteiger partial charge in [-0.05, 0) is 6.42 Å². The minimum absolute atomic E-state index is 0.531. The molecule has 15 heavy (non-hydrogen) atoms. The van der Waals surface area contributed by atoms with E-state index in [0.29, 0.717) is 6.41 Å². The second kappa shape index (κ2) is 53.1. The number of carbonyl (C=O) groups excluding carboxylic acids is 1. The first kappa shape index (κ1) is 23.5. The standard InChI is InChI=1S/C4H7NO.C2H5NO.C2H6O.C2H6/c1-2-3-5-4-6;1-3-4-2;1-3-2;1-2/h3-4H,2H2,1H3;1H2,2H3;1-2H3;1-2H3. The van der Waals surface area contributed by atoms with Gasteiger partial charge in [0, 0.05) is 27.2 Å². The summed E-state index contributed by atoms with van der Waals surface area (Å²) in [4.78, 5) is 16.7. The summed E-state index contributed by atoms with van der Waals surface area (Å²) in [7, 11) is 4.70. The van der Waals surface area contributed by atoms with Crippen LogP contribution in [0.3, 0.4) is 0 Å². The molecule has 0 aliphatic rings. The number of hydrogen-bond acceptors (Lipinski definition) is 4. The number of rotatable bonds is 3. The zero-order valence-corrected chi connectivity index (χ0v) is 10.7. The summed E-state index contributed by atoms with van der Waals surface area (Å²) >= 11 is 0. The number of aliphatic imine (C=N–C) groups is 1. The van der Waals surface area contributed by atoms with Crippen molar-refractivity contribution in [3.05, 3.63) is 0 Å². The van der Waals surface area contributed by atoms with E-state index in [-0.39, 0.29) is 0 Å². The summed E-state index contributed by atoms with van der Waals surface area (Å²) in [6.45, 7) is 8.93. The van der Waals surface area contributed by atoms with Gasteiger partial charge in [0.1, 0.15) is 7.11 Å². The van der Waals surface area contributed by atoms with E-state index in [2.05, 4.69) is 26.4 Å². The van der Waals surface area contributed by atoms with E-state index in [1.165, 1.54) is 7.11 Å². The smallest absolute Gasteiger partial charge is 0.232 e. The van der Waals surface area contributed by atoms with Crippen LogP contribution in [-0.4, -0.2) is 40.7 Å². The van der Waals surface area contributed by atoms with Crippen molar-refractivity contribution in [3.63, 3.8) is 0 Å². The molecule has 0 aromatic rings. The fraction of sp³-hybridized carbons (Fsp3) is 0.700. The van der Waals surface area contributed by atoms with Gasteiger partial charge in [0.2, 0.25) is 6.41 Å². The largest absolute Gasteiger partial charge is 0.400 e. The van der Waals surface area contributed by atoms with Crippen molar-refractivity contribution in [3.8, 4) is 0 Å². The molecule has 0 saturated carbocycles. The van der Waals surface area contributed by atoms with Crippen LogP contribution in [0.15, 0.2) is 10.1 Å². The quantitative estimate of drug-likeness (QED) is 0.416. The predicted octanol–water partition coefficient (Wildman–Crippen LogP) is 2.16. The first-order valence-corrected chi connectivity index (χ1v) is 4.59. The van der Waals surface area contributed by atoms with Crippen molar-refractivity contribution in [1.29, 1.82) is 0 Å². The van der Waals surface area contributed by atoms with Crippen LogP contribution in [0.1, 0.15) is 27.2 Å². The van der Waals surface area contributed by atoms with Crippen molar-refractivity contribution < 1.29 is 14.4 Å². The number of carbonyl (C=O) groups is 1. The molecule has 0 aliphatic heterocycles. The minimum atomic E-state index is 0.531. The molecule has 92 valence electrons. The van der Waals surface area contributed by atoms with Crippen molar-refractivity contribution in [2.24, 2.45) is 10.1 Å². The summed E-state index contributed by atoms with van der Waals surface area (Å²) in [5.41, 5.74) is 0. The molecule has 0 heterocycles. The highest BCUT2D eigenvalue weighted by Crippen LogP contribution is 1.61. The SMILES string of the molecule is C=NOC.CC.CCC=NC=O.COC. The lowest BCUT2D eigenvalue weighted by atomic mass is 10.5. The Hall–Kier alpha value is -1.23. The van der Waals surface area contributed by atoms with Crippen molar-refractivity contribution in [2.75, 3.05) is 21.3 Å². The average molecular weight is 220 g/mol. The fourth-order valence-electron chi connectivity index (χ4n) is 0.148. The number of methoxy groups -OCH3 is 1. The molecule has 5 nitrogen and oxygen atoms in total. The number of oxime groups is 1. The van der Waals surface area contributed by atoms with Gasteiger partial charge in [-0.2, -0.15) is 0 Å². The summed E-state index contributed by atoms with van der Waals surface area (Å²) in [5, 5.41) is 2.99. The Balaban J connectivity index is -0.0000000590. The highest BCUT2D eigenvalue weighted by Gasteiger charge is 1.58. The number of amides is 1. The summed E-state index contributed by atoms with van der Waals surface area (Å²) in [6.07, 6.45) is 2.93. The normalized spacial score (nSPS) is 6.80. The van der Waals surface area contributed by atoms with Crippen LogP contribution < -0.4 is 0 Å². The Morgan fingerprint density at radius 2 is 1.60 bits per heavy atom. The van der Waals surface area contributed by atoms with E-state index >= 15 is 0 Å². The minimum Gasteiger partial charge on any atom is -0.400 e. The Morgan fingerprint density at radius 1 is 1.27 bits per heavy atom. The zero-order valence-electron chi connectivity index (χ0n) is 10.7. The van der Waals surface area contributed by atoms with Gasteiger partial charge in [0.25, 0.3) is 0 Å². The van der Waals surface area contributed by atoms with Crippen LogP contribution in [0.4, 0.5) is 0 Å². The maximum absolute atomic E-state index is 9.37. The summed E-state index contributed by atoms with van der Waals surface area (Å²) in [5.74, 6) is 0. The number of nitrogens with zero attached hydrogens (tertiary/aromatic N) is 2. The number of ether oxygens (including phenoxy) is 1. The van der Waals surface area contributed by atoms with E-state index in [1.54, 1.807) is 20.4 Å². The molecular weight excluding hydrogens is 196 g/mol. The van der Waals surface area contributed by atoms with Crippen LogP contribution >= 0.6 is 0 Å². The Morgan fingerprint density at radius 3 is 1.67 bits per heavy atom. The monoisotopic (exact) mass is 220 g/mol. The lowest BCUT2D eigenvalue weighted by Gasteiger charge is -1.71. The van der Waals surface area contributed by atoms with E-state index in [0.717, 1.165) is 6.42 Å². The van der Waals surface area contributed by atoms with Crippen LogP contribution in [0.25, 0.3) is 0 Å². The van der Waals surface area contributed by atoms with Gasteiger partial charge < -0.3 is 9.57 Å². The molecule has 0 N–H and O–H groups in total. The third-order valence-electron chi connectivity index (χ3n) is 0.478. The maximum Gasteiger partial charge on any atom is 0.232 e. The maximum atomic E-state index is 9.37. The molecular formula is C10H24N2O3. The van der Waals surface area contributed by atoms with Gasteiger partial charge >= 0.3 is 0 Å². The van der Waals surface area contributed by atoms with Crippen molar-refractivity contribution >= 4 is 19.3 Å². The molecule has 0 aliphatic carbocycles. The van der Waals surface area contributed by atoms with Gasteiger partial charge in [0.15, 0.2) is 0 Å². The van der Waals surface area contributed by atoms with E-state index < -0.39 is 0 Å². The molecule has 0 bridgehead atoms. The predicted molar refractivity (Wildman–Crippen MR) is 65.7 cm³/mol. The summed E-state index contributed by atoms with van der Waals surface area (Å²) in [6, 6.07) is 0. The van der Waals surface area contributed by atoms with E-state index in [4.69, 9.17) is 0 Å². The third kappa shape index (κ3) is 193. The highest BCUT2D eigenvalue weighted by molar-refractivity contribution is 5.68. The van der Waals surface area contributed by atoms with Gasteiger partial charge in [0.05, 0.1) is 0 Å². The topological polar surface area (TPSA) is 60.2 Å². The van der Waals surface area contributed by atoms with Crippen LogP contribution in [0, 0.1) is 0 Å². The molecule has 0 atom stereocenters. The number of hydrogen-bond donors (Lipinski definition) is 0. The Bertz CT molecular complexity index is 117. The lowest BCUT2D eigenvalue weighted by molar-refractivity contribution is -0.106. The second-order valence-corrected chi connectivity index (χ2v) is 1.57.